The predicted molar refractivity (Wildman–Crippen MR) is 73.2 cm³/mol. The number of aliphatic hydroxyl groups excluding tert-OH is 1. The number of hydrogen-bond donors (Lipinski definition) is 2. The summed E-state index contributed by atoms with van der Waals surface area (Å²) < 4.78 is 46.4. The second-order valence-corrected chi connectivity index (χ2v) is 4.65. The minimum absolute atomic E-state index is 0.0491. The van der Waals surface area contributed by atoms with E-state index in [1.54, 1.807) is 6.92 Å². The smallest absolute Gasteiger partial charge is 0.390 e. The number of rotatable bonds is 7. The van der Waals surface area contributed by atoms with Crippen molar-refractivity contribution >= 4 is 5.91 Å². The van der Waals surface area contributed by atoms with Crippen molar-refractivity contribution in [2.75, 3.05) is 20.3 Å². The van der Waals surface area contributed by atoms with Gasteiger partial charge in [0.25, 0.3) is 5.91 Å². The Bertz CT molecular complexity index is 503. The van der Waals surface area contributed by atoms with Gasteiger partial charge in [-0.1, -0.05) is 0 Å². The molecule has 1 aromatic carbocycles. The van der Waals surface area contributed by atoms with E-state index in [4.69, 9.17) is 14.6 Å². The molecule has 0 aliphatic carbocycles. The van der Waals surface area contributed by atoms with Crippen molar-refractivity contribution in [2.24, 2.45) is 0 Å². The van der Waals surface area contributed by atoms with Crippen LogP contribution in [0.25, 0.3) is 0 Å². The van der Waals surface area contributed by atoms with Crippen LogP contribution in [0.15, 0.2) is 18.2 Å². The third-order valence-electron chi connectivity index (χ3n) is 2.60. The van der Waals surface area contributed by atoms with Gasteiger partial charge >= 0.3 is 6.18 Å². The number of methoxy groups -OCH3 is 1. The van der Waals surface area contributed by atoms with Crippen molar-refractivity contribution in [1.82, 2.24) is 5.32 Å². The summed E-state index contributed by atoms with van der Waals surface area (Å²) in [4.78, 5) is 11.8. The van der Waals surface area contributed by atoms with Crippen LogP contribution < -0.4 is 14.8 Å². The second kappa shape index (κ2) is 7.88. The minimum atomic E-state index is -4.32. The molecule has 0 saturated heterocycles. The topological polar surface area (TPSA) is 67.8 Å². The molecular weight excluding hydrogens is 303 g/mol. The van der Waals surface area contributed by atoms with Crippen LogP contribution in [0.2, 0.25) is 0 Å². The van der Waals surface area contributed by atoms with Crippen LogP contribution in [0.1, 0.15) is 23.7 Å². The highest BCUT2D eigenvalue weighted by Crippen LogP contribution is 2.28. The van der Waals surface area contributed by atoms with Crippen molar-refractivity contribution in [3.8, 4) is 11.5 Å². The summed E-state index contributed by atoms with van der Waals surface area (Å²) >= 11 is 0. The van der Waals surface area contributed by atoms with Crippen molar-refractivity contribution in [3.63, 3.8) is 0 Å². The first-order valence-corrected chi connectivity index (χ1v) is 6.57. The molecule has 1 amide bonds. The van der Waals surface area contributed by atoms with Gasteiger partial charge in [-0.3, -0.25) is 4.79 Å². The molecule has 1 atom stereocenters. The monoisotopic (exact) mass is 321 g/mol. The van der Waals surface area contributed by atoms with E-state index in [-0.39, 0.29) is 17.9 Å². The third kappa shape index (κ3) is 6.21. The van der Waals surface area contributed by atoms with Gasteiger partial charge in [0, 0.05) is 12.1 Å². The van der Waals surface area contributed by atoms with E-state index in [0.29, 0.717) is 5.75 Å². The van der Waals surface area contributed by atoms with Crippen LogP contribution in [0.4, 0.5) is 13.2 Å². The fraction of sp³-hybridized carbons (Fsp3) is 0.500. The molecule has 0 aliphatic heterocycles. The largest absolute Gasteiger partial charge is 0.493 e. The number of ether oxygens (including phenoxy) is 2. The molecule has 0 bridgehead atoms. The lowest BCUT2D eigenvalue weighted by molar-refractivity contribution is -0.132. The lowest BCUT2D eigenvalue weighted by Crippen LogP contribution is -2.27. The number of aliphatic hydroxyl groups is 1. The fourth-order valence-corrected chi connectivity index (χ4v) is 1.56. The van der Waals surface area contributed by atoms with Gasteiger partial charge < -0.3 is 19.9 Å². The SMILES string of the molecule is COc1cc(C(=O)NCCC(F)(F)F)ccc1OC[C@@H](C)O. The zero-order valence-corrected chi connectivity index (χ0v) is 12.2. The molecule has 8 heteroatoms. The van der Waals surface area contributed by atoms with E-state index in [1.807, 2.05) is 0 Å². The molecule has 1 aromatic rings. The molecule has 0 saturated carbocycles. The summed E-state index contributed by atoms with van der Waals surface area (Å²) in [5, 5.41) is 11.3. The van der Waals surface area contributed by atoms with E-state index in [1.165, 1.54) is 25.3 Å². The predicted octanol–water partition coefficient (Wildman–Crippen LogP) is 2.14. The third-order valence-corrected chi connectivity index (χ3v) is 2.60. The second-order valence-electron chi connectivity index (χ2n) is 4.65. The molecule has 22 heavy (non-hydrogen) atoms. The first kappa shape index (κ1) is 18.1. The highest BCUT2D eigenvalue weighted by molar-refractivity contribution is 5.94. The van der Waals surface area contributed by atoms with Crippen LogP contribution in [-0.2, 0) is 0 Å². The van der Waals surface area contributed by atoms with Gasteiger partial charge in [-0.2, -0.15) is 13.2 Å². The average molecular weight is 321 g/mol. The summed E-state index contributed by atoms with van der Waals surface area (Å²) in [5.41, 5.74) is 0.156. The van der Waals surface area contributed by atoms with Gasteiger partial charge in [0.1, 0.15) is 6.61 Å². The standard InChI is InChI=1S/C14H18F3NO4/c1-9(19)8-22-11-4-3-10(7-12(11)21-2)13(20)18-6-5-14(15,16)17/h3-4,7,9,19H,5-6,8H2,1-2H3,(H,18,20)/t9-/m1/s1. The zero-order valence-electron chi connectivity index (χ0n) is 12.2. The van der Waals surface area contributed by atoms with E-state index in [0.717, 1.165) is 0 Å². The van der Waals surface area contributed by atoms with Gasteiger partial charge in [-0.05, 0) is 25.1 Å². The van der Waals surface area contributed by atoms with Crippen LogP contribution in [-0.4, -0.2) is 43.6 Å². The van der Waals surface area contributed by atoms with Crippen molar-refractivity contribution in [3.05, 3.63) is 23.8 Å². The molecular formula is C14H18F3NO4. The number of hydrogen-bond acceptors (Lipinski definition) is 4. The minimum Gasteiger partial charge on any atom is -0.493 e. The molecule has 0 fully saturated rings. The highest BCUT2D eigenvalue weighted by atomic mass is 19.4. The number of benzene rings is 1. The number of alkyl halides is 3. The van der Waals surface area contributed by atoms with Gasteiger partial charge in [0.05, 0.1) is 19.6 Å². The number of nitrogens with one attached hydrogen (secondary N) is 1. The van der Waals surface area contributed by atoms with Gasteiger partial charge in [0.2, 0.25) is 0 Å². The van der Waals surface area contributed by atoms with Gasteiger partial charge in [0.15, 0.2) is 11.5 Å². The highest BCUT2D eigenvalue weighted by Gasteiger charge is 2.26. The molecule has 0 heterocycles. The molecule has 1 rings (SSSR count). The Morgan fingerprint density at radius 1 is 1.36 bits per heavy atom. The van der Waals surface area contributed by atoms with E-state index in [9.17, 15) is 18.0 Å². The van der Waals surface area contributed by atoms with E-state index < -0.39 is 31.2 Å². The normalized spacial score (nSPS) is 12.6. The average Bonchev–Trinajstić information content (AvgIpc) is 2.43. The summed E-state index contributed by atoms with van der Waals surface area (Å²) in [5.74, 6) is -0.0519. The van der Waals surface area contributed by atoms with Gasteiger partial charge in [-0.15, -0.1) is 0 Å². The molecule has 5 nitrogen and oxygen atoms in total. The molecule has 0 aliphatic rings. The molecule has 2 N–H and O–H groups in total. The van der Waals surface area contributed by atoms with Crippen molar-refractivity contribution in [2.45, 2.75) is 25.6 Å². The number of carbonyl (C=O) groups excluding carboxylic acids is 1. The van der Waals surface area contributed by atoms with Crippen molar-refractivity contribution in [1.29, 1.82) is 0 Å². The van der Waals surface area contributed by atoms with Crippen LogP contribution in [0, 0.1) is 0 Å². The number of amides is 1. The fourth-order valence-electron chi connectivity index (χ4n) is 1.56. The Hall–Kier alpha value is -1.96. The molecule has 0 radical (unpaired) electrons. The van der Waals surface area contributed by atoms with Crippen LogP contribution >= 0.6 is 0 Å². The van der Waals surface area contributed by atoms with Gasteiger partial charge in [-0.25, -0.2) is 0 Å². The molecule has 0 spiro atoms. The zero-order chi connectivity index (χ0) is 16.8. The Labute approximate surface area is 126 Å². The first-order chi connectivity index (χ1) is 10.2. The first-order valence-electron chi connectivity index (χ1n) is 6.57. The maximum atomic E-state index is 12.0. The quantitative estimate of drug-likeness (QED) is 0.807. The Balaban J connectivity index is 2.69. The van der Waals surface area contributed by atoms with Crippen LogP contribution in [0.5, 0.6) is 11.5 Å². The lowest BCUT2D eigenvalue weighted by Gasteiger charge is -2.13. The van der Waals surface area contributed by atoms with Crippen molar-refractivity contribution < 1.29 is 32.5 Å². The Morgan fingerprint density at radius 3 is 2.59 bits per heavy atom. The number of carbonyl (C=O) groups is 1. The molecule has 0 unspecified atom stereocenters. The summed E-state index contributed by atoms with van der Waals surface area (Å²) in [6.07, 6.45) is -6.08. The number of halogens is 3. The van der Waals surface area contributed by atoms with E-state index >= 15 is 0 Å². The van der Waals surface area contributed by atoms with Crippen LogP contribution in [0.3, 0.4) is 0 Å². The van der Waals surface area contributed by atoms with E-state index in [2.05, 4.69) is 5.32 Å². The molecule has 124 valence electrons. The maximum Gasteiger partial charge on any atom is 0.390 e. The summed E-state index contributed by atoms with van der Waals surface area (Å²) in [6, 6.07) is 4.23. The molecule has 0 aromatic heterocycles. The Morgan fingerprint density at radius 2 is 2.05 bits per heavy atom. The summed E-state index contributed by atoms with van der Waals surface area (Å²) in [6.45, 7) is 1.10. The Kier molecular flexibility index (Phi) is 6.48. The maximum absolute atomic E-state index is 12.0. The summed E-state index contributed by atoms with van der Waals surface area (Å²) in [7, 11) is 1.37. The lowest BCUT2D eigenvalue weighted by atomic mass is 10.2.